The monoisotopic (exact) mass is 304 g/mol. The van der Waals surface area contributed by atoms with Gasteiger partial charge in [0.25, 0.3) is 0 Å². The largest absolute Gasteiger partial charge is 0.462 e. The molecule has 0 aliphatic carbocycles. The fourth-order valence-corrected chi connectivity index (χ4v) is 2.20. The van der Waals surface area contributed by atoms with Gasteiger partial charge in [-0.1, -0.05) is 29.8 Å². The van der Waals surface area contributed by atoms with Gasteiger partial charge in [0.15, 0.2) is 0 Å². The van der Waals surface area contributed by atoms with Crippen LogP contribution < -0.4 is 11.1 Å². The maximum absolute atomic E-state index is 11.9. The maximum Gasteiger partial charge on any atom is 0.340 e. The SMILES string of the molecule is CCOC(=O)c1cccc(N)c1NCc1cccc(Cl)c1. The Kier molecular flexibility index (Phi) is 5.06. The van der Waals surface area contributed by atoms with Gasteiger partial charge in [0.2, 0.25) is 0 Å². The number of esters is 1. The van der Waals surface area contributed by atoms with Crippen LogP contribution in [-0.2, 0) is 11.3 Å². The molecule has 0 radical (unpaired) electrons. The molecule has 0 aliphatic heterocycles. The van der Waals surface area contributed by atoms with Crippen LogP contribution in [-0.4, -0.2) is 12.6 Å². The second kappa shape index (κ2) is 6.99. The molecule has 0 aromatic heterocycles. The van der Waals surface area contributed by atoms with Crippen molar-refractivity contribution in [3.8, 4) is 0 Å². The first-order valence-corrected chi connectivity index (χ1v) is 7.03. The molecular formula is C16H17ClN2O2. The second-order valence-corrected chi connectivity index (χ2v) is 4.91. The fraction of sp³-hybridized carbons (Fsp3) is 0.188. The number of rotatable bonds is 5. The van der Waals surface area contributed by atoms with Gasteiger partial charge in [-0.2, -0.15) is 0 Å². The van der Waals surface area contributed by atoms with E-state index in [9.17, 15) is 4.79 Å². The van der Waals surface area contributed by atoms with E-state index in [4.69, 9.17) is 22.1 Å². The molecule has 3 N–H and O–H groups in total. The molecular weight excluding hydrogens is 288 g/mol. The van der Waals surface area contributed by atoms with Gasteiger partial charge in [0, 0.05) is 11.6 Å². The summed E-state index contributed by atoms with van der Waals surface area (Å²) in [5, 5.41) is 3.85. The van der Waals surface area contributed by atoms with Crippen molar-refractivity contribution in [2.45, 2.75) is 13.5 Å². The van der Waals surface area contributed by atoms with Gasteiger partial charge in [-0.3, -0.25) is 0 Å². The predicted octanol–water partition coefficient (Wildman–Crippen LogP) is 3.71. The summed E-state index contributed by atoms with van der Waals surface area (Å²) in [6, 6.07) is 12.6. The number of nitrogens with two attached hydrogens (primary N) is 1. The first-order valence-electron chi connectivity index (χ1n) is 6.65. The van der Waals surface area contributed by atoms with Gasteiger partial charge in [-0.15, -0.1) is 0 Å². The number of anilines is 2. The number of nitrogen functional groups attached to an aromatic ring is 1. The number of benzene rings is 2. The quantitative estimate of drug-likeness (QED) is 0.653. The average molecular weight is 305 g/mol. The lowest BCUT2D eigenvalue weighted by atomic mass is 10.1. The van der Waals surface area contributed by atoms with Crippen molar-refractivity contribution in [3.05, 3.63) is 58.6 Å². The number of hydrogen-bond donors (Lipinski definition) is 2. The van der Waals surface area contributed by atoms with Gasteiger partial charge in [0.05, 0.1) is 23.5 Å². The van der Waals surface area contributed by atoms with Gasteiger partial charge in [-0.25, -0.2) is 4.79 Å². The third-order valence-corrected chi connectivity index (χ3v) is 3.19. The highest BCUT2D eigenvalue weighted by Crippen LogP contribution is 2.25. The summed E-state index contributed by atoms with van der Waals surface area (Å²) in [4.78, 5) is 11.9. The minimum Gasteiger partial charge on any atom is -0.462 e. The molecule has 0 bridgehead atoms. The molecule has 21 heavy (non-hydrogen) atoms. The Balaban J connectivity index is 2.21. The third kappa shape index (κ3) is 3.89. The Labute approximate surface area is 128 Å². The molecule has 4 nitrogen and oxygen atoms in total. The van der Waals surface area contributed by atoms with Gasteiger partial charge in [-0.05, 0) is 36.8 Å². The lowest BCUT2D eigenvalue weighted by molar-refractivity contribution is 0.0527. The molecule has 0 heterocycles. The first-order chi connectivity index (χ1) is 10.1. The molecule has 0 saturated heterocycles. The van der Waals surface area contributed by atoms with Crippen molar-refractivity contribution < 1.29 is 9.53 Å². The highest BCUT2D eigenvalue weighted by molar-refractivity contribution is 6.30. The van der Waals surface area contributed by atoms with Crippen molar-refractivity contribution in [2.24, 2.45) is 0 Å². The second-order valence-electron chi connectivity index (χ2n) is 4.47. The van der Waals surface area contributed by atoms with E-state index in [-0.39, 0.29) is 0 Å². The molecule has 0 fully saturated rings. The minimum atomic E-state index is -0.390. The van der Waals surface area contributed by atoms with Crippen LogP contribution in [0.5, 0.6) is 0 Å². The Bertz CT molecular complexity index is 644. The molecule has 0 atom stereocenters. The molecule has 5 heteroatoms. The van der Waals surface area contributed by atoms with Crippen LogP contribution in [0.4, 0.5) is 11.4 Å². The van der Waals surface area contributed by atoms with E-state index in [1.807, 2.05) is 24.3 Å². The number of para-hydroxylation sites is 1. The predicted molar refractivity (Wildman–Crippen MR) is 85.6 cm³/mol. The summed E-state index contributed by atoms with van der Waals surface area (Å²) in [5.41, 5.74) is 8.47. The zero-order valence-corrected chi connectivity index (χ0v) is 12.5. The number of hydrogen-bond acceptors (Lipinski definition) is 4. The number of halogens is 1. The number of ether oxygens (including phenoxy) is 1. The van der Waals surface area contributed by atoms with Crippen molar-refractivity contribution in [1.82, 2.24) is 0 Å². The van der Waals surface area contributed by atoms with Crippen LogP contribution >= 0.6 is 11.6 Å². The molecule has 2 rings (SSSR count). The summed E-state index contributed by atoms with van der Waals surface area (Å²) in [6.07, 6.45) is 0. The molecule has 0 aliphatic rings. The van der Waals surface area contributed by atoms with Crippen LogP contribution in [0.3, 0.4) is 0 Å². The van der Waals surface area contributed by atoms with E-state index < -0.39 is 5.97 Å². The molecule has 0 unspecified atom stereocenters. The number of carbonyl (C=O) groups excluding carboxylic acids is 1. The number of carbonyl (C=O) groups is 1. The zero-order chi connectivity index (χ0) is 15.2. The summed E-state index contributed by atoms with van der Waals surface area (Å²) in [6.45, 7) is 2.60. The summed E-state index contributed by atoms with van der Waals surface area (Å²) < 4.78 is 5.04. The maximum atomic E-state index is 11.9. The lowest BCUT2D eigenvalue weighted by Crippen LogP contribution is -2.11. The Morgan fingerprint density at radius 2 is 2.05 bits per heavy atom. The molecule has 0 saturated carbocycles. The van der Waals surface area contributed by atoms with Crippen molar-refractivity contribution >= 4 is 28.9 Å². The summed E-state index contributed by atoms with van der Waals surface area (Å²) in [5.74, 6) is -0.390. The van der Waals surface area contributed by atoms with Crippen LogP contribution in [0, 0.1) is 0 Å². The summed E-state index contributed by atoms with van der Waals surface area (Å²) in [7, 11) is 0. The van der Waals surface area contributed by atoms with Crippen molar-refractivity contribution in [3.63, 3.8) is 0 Å². The molecule has 110 valence electrons. The lowest BCUT2D eigenvalue weighted by Gasteiger charge is -2.14. The van der Waals surface area contributed by atoms with Crippen LogP contribution in [0.1, 0.15) is 22.8 Å². The Hall–Kier alpha value is -2.20. The molecule has 0 amide bonds. The van der Waals surface area contributed by atoms with Crippen LogP contribution in [0.15, 0.2) is 42.5 Å². The fourth-order valence-electron chi connectivity index (χ4n) is 1.98. The first kappa shape index (κ1) is 15.2. The minimum absolute atomic E-state index is 0.321. The smallest absolute Gasteiger partial charge is 0.340 e. The normalized spacial score (nSPS) is 10.2. The highest BCUT2D eigenvalue weighted by Gasteiger charge is 2.14. The van der Waals surface area contributed by atoms with Crippen LogP contribution in [0.2, 0.25) is 5.02 Å². The molecule has 2 aromatic rings. The van der Waals surface area contributed by atoms with E-state index in [0.717, 1.165) is 5.56 Å². The van der Waals surface area contributed by atoms with Crippen molar-refractivity contribution in [2.75, 3.05) is 17.7 Å². The van der Waals surface area contributed by atoms with E-state index in [2.05, 4.69) is 5.32 Å². The van der Waals surface area contributed by atoms with E-state index in [1.54, 1.807) is 25.1 Å². The van der Waals surface area contributed by atoms with Crippen LogP contribution in [0.25, 0.3) is 0 Å². The van der Waals surface area contributed by atoms with Crippen molar-refractivity contribution in [1.29, 1.82) is 0 Å². The van der Waals surface area contributed by atoms with E-state index in [0.29, 0.717) is 35.1 Å². The highest BCUT2D eigenvalue weighted by atomic mass is 35.5. The third-order valence-electron chi connectivity index (χ3n) is 2.95. The van der Waals surface area contributed by atoms with Gasteiger partial charge >= 0.3 is 5.97 Å². The van der Waals surface area contributed by atoms with E-state index >= 15 is 0 Å². The Morgan fingerprint density at radius 1 is 1.29 bits per heavy atom. The van der Waals surface area contributed by atoms with E-state index in [1.165, 1.54) is 0 Å². The number of nitrogens with one attached hydrogen (secondary N) is 1. The molecule has 0 spiro atoms. The molecule has 2 aromatic carbocycles. The average Bonchev–Trinajstić information content (AvgIpc) is 2.46. The summed E-state index contributed by atoms with van der Waals surface area (Å²) >= 11 is 5.95. The zero-order valence-electron chi connectivity index (χ0n) is 11.7. The van der Waals surface area contributed by atoms with Gasteiger partial charge < -0.3 is 15.8 Å². The Morgan fingerprint density at radius 3 is 2.76 bits per heavy atom. The standard InChI is InChI=1S/C16H17ClN2O2/c1-2-21-16(20)13-7-4-8-14(18)15(13)19-10-11-5-3-6-12(17)9-11/h3-9,19H,2,10,18H2,1H3. The van der Waals surface area contributed by atoms with Gasteiger partial charge in [0.1, 0.15) is 0 Å². The topological polar surface area (TPSA) is 64.3 Å².